The van der Waals surface area contributed by atoms with E-state index in [4.69, 9.17) is 161 Å². The van der Waals surface area contributed by atoms with Gasteiger partial charge in [-0.3, -0.25) is 57.4 Å². The average molecular weight is 2130 g/mol. The Morgan fingerprint density at radius 2 is 0.659 bits per heavy atom. The summed E-state index contributed by atoms with van der Waals surface area (Å²) in [7, 11) is 0. The van der Waals surface area contributed by atoms with Crippen molar-refractivity contribution in [3.8, 4) is 86.3 Å². The fourth-order valence-electron chi connectivity index (χ4n) is 17.4. The summed E-state index contributed by atoms with van der Waals surface area (Å²) in [5.41, 5.74) is 2.28. The van der Waals surface area contributed by atoms with Crippen LogP contribution in [0.2, 0.25) is 65.3 Å². The molecule has 714 valence electrons. The smallest absolute Gasteiger partial charge is 0.276 e. The maximum atomic E-state index is 15.5. The number of pyridine rings is 9. The predicted octanol–water partition coefficient (Wildman–Crippen LogP) is 22.8. The van der Waals surface area contributed by atoms with E-state index in [9.17, 15) is 64.3 Å². The van der Waals surface area contributed by atoms with Crippen LogP contribution in [0.5, 0.6) is 17.2 Å². The number of phenolic OH excluding ortho intramolecular Hbond substituents is 3. The van der Waals surface area contributed by atoms with Crippen molar-refractivity contribution >= 4 is 219 Å². The molecule has 0 unspecified atom stereocenters. The molecule has 3 aromatic carbocycles. The number of aryl methyl sites for hydroxylation is 3. The number of hydrogen-bond donors (Lipinski definition) is 3. The Hall–Kier alpha value is -11.3. The van der Waals surface area contributed by atoms with E-state index in [0.29, 0.717) is 112 Å². The number of aromatic nitrogens is 9. The lowest BCUT2D eigenvalue weighted by Gasteiger charge is -2.41. The first-order chi connectivity index (χ1) is 65.2. The summed E-state index contributed by atoms with van der Waals surface area (Å²) >= 11 is 83.1. The molecule has 3 saturated heterocycles. The topological polar surface area (TPSA) is 346 Å². The van der Waals surface area contributed by atoms with E-state index >= 15 is 4.39 Å². The SMILES string of the molecule is C=CC(=O)N1CCN(c2c(C#N)c(=O)n(-c3c(C)ccnc3C(C)C)c3nc(-c4c(O)c(Cl)c(Cl)c(Cl)c4Cl)c(Cl)cc23)C[C@H]1C.C=CC(=O)N1CCN(c2c(C#N)c(=O)n(-c3c(C)ccnc3C(C)C)c3nc(-c4c(O)c(Cl)c(Cl)c(Cl)c4Cl)c(Cl)cc23)C[C@H]1C.C=CC(=O)N1CCN(c2c(C#N)c(=O)n(-c3c(C)ccnc3C(C)C)c3nc(-c4c(O)c(Cl)c(F)c(Cl)c4F)c(Cl)cc23)C[C@H]1C. The van der Waals surface area contributed by atoms with Gasteiger partial charge < -0.3 is 44.7 Å². The number of nitrogens with zero attached hydrogens (tertiary/aromatic N) is 18. The first-order valence-corrected chi connectivity index (χ1v) is 47.3. The third kappa shape index (κ3) is 18.4. The summed E-state index contributed by atoms with van der Waals surface area (Å²) < 4.78 is 33.9. The van der Waals surface area contributed by atoms with Gasteiger partial charge in [0.1, 0.15) is 89.2 Å². The van der Waals surface area contributed by atoms with Gasteiger partial charge in [0.05, 0.1) is 130 Å². The van der Waals surface area contributed by atoms with Crippen molar-refractivity contribution < 1.29 is 38.5 Å². The maximum absolute atomic E-state index is 15.5. The Labute approximate surface area is 854 Å². The van der Waals surface area contributed by atoms with Crippen molar-refractivity contribution in [3.63, 3.8) is 0 Å². The molecule has 12 heterocycles. The van der Waals surface area contributed by atoms with Crippen molar-refractivity contribution in [1.29, 1.82) is 15.8 Å². The lowest BCUT2D eigenvalue weighted by molar-refractivity contribution is -0.129. The molecule has 9 aromatic heterocycles. The fraction of sp³-hybridized carbons (Fsp3) is 0.281. The number of rotatable bonds is 15. The van der Waals surface area contributed by atoms with Gasteiger partial charge in [-0.25, -0.2) is 23.7 Å². The van der Waals surface area contributed by atoms with Crippen LogP contribution in [0.15, 0.2) is 107 Å². The Morgan fingerprint density at radius 1 is 0.399 bits per heavy atom. The van der Waals surface area contributed by atoms with Gasteiger partial charge in [-0.05, 0) is 131 Å². The maximum Gasteiger partial charge on any atom is 0.276 e. The quantitative estimate of drug-likeness (QED) is 0.0487. The molecule has 27 nitrogen and oxygen atoms in total. The second-order valence-corrected chi connectivity index (χ2v) is 38.6. The van der Waals surface area contributed by atoms with Crippen LogP contribution in [-0.2, 0) is 14.4 Å². The summed E-state index contributed by atoms with van der Waals surface area (Å²) in [6.45, 7) is 35.9. The number of anilines is 3. The number of aromatic hydroxyl groups is 3. The van der Waals surface area contributed by atoms with Crippen molar-refractivity contribution in [2.45, 2.75) is 119 Å². The predicted molar refractivity (Wildman–Crippen MR) is 543 cm³/mol. The zero-order valence-corrected chi connectivity index (χ0v) is 85.2. The largest absolute Gasteiger partial charge is 0.506 e. The summed E-state index contributed by atoms with van der Waals surface area (Å²) in [6, 6.07) is 15.2. The highest BCUT2D eigenvalue weighted by Crippen LogP contribution is 2.55. The molecule has 0 radical (unpaired) electrons. The van der Waals surface area contributed by atoms with E-state index in [1.165, 1.54) is 38.0 Å². The molecule has 0 aliphatic carbocycles. The van der Waals surface area contributed by atoms with Gasteiger partial charge >= 0.3 is 0 Å². The third-order valence-corrected chi connectivity index (χ3v) is 29.1. The standard InChI is InChI=1S/2C32H27Cl5N6O3.C32H27Cl3F2N6O3/c2*1-6-20(44)42-10-9-41(13-16(42)5)29-17-11-19(33)27(21-22(34)23(35)24(36)25(37)30(21)45)40-31(17)43(32(46)18(29)12-38)28-15(4)7-8-39-26(28)14(2)3;1-6-20(44)42-10-9-41(13-16(42)5)29-17-11-19(33)27(21-24(36)22(34)25(37)23(35)30(21)45)40-31(17)43(32(46)18(29)12-38)28-15(4)7-8-39-26(28)14(2)3/h3*6-8,11,14,16,45H,1,9-10,13H2,2-5H3/t3*16-/m111/s1. The van der Waals surface area contributed by atoms with Gasteiger partial charge in [0.2, 0.25) is 17.7 Å². The van der Waals surface area contributed by atoms with E-state index < -0.39 is 61.2 Å². The molecular formula is C96H81Cl13F2N18O9. The van der Waals surface area contributed by atoms with Crippen LogP contribution in [0.4, 0.5) is 25.8 Å². The highest BCUT2D eigenvalue weighted by molar-refractivity contribution is 6.55. The monoisotopic (exact) mass is 2120 g/mol. The van der Waals surface area contributed by atoms with Crippen LogP contribution >= 0.6 is 151 Å². The first-order valence-electron chi connectivity index (χ1n) is 42.4. The van der Waals surface area contributed by atoms with Gasteiger partial charge in [0.15, 0.2) is 11.6 Å². The van der Waals surface area contributed by atoms with Crippen molar-refractivity contribution in [3.05, 3.63) is 251 Å². The zero-order chi connectivity index (χ0) is 101. The number of hydrogen-bond acceptors (Lipinski definition) is 21. The lowest BCUT2D eigenvalue weighted by Crippen LogP contribution is -2.54. The molecule has 3 aliphatic heterocycles. The zero-order valence-electron chi connectivity index (χ0n) is 75.4. The summed E-state index contributed by atoms with van der Waals surface area (Å²) in [5.74, 6) is -5.83. The summed E-state index contributed by atoms with van der Waals surface area (Å²) in [4.78, 5) is 119. The number of benzene rings is 3. The third-order valence-electron chi connectivity index (χ3n) is 24.0. The Balaban J connectivity index is 0.000000175. The van der Waals surface area contributed by atoms with Crippen LogP contribution in [0.1, 0.15) is 131 Å². The molecule has 0 spiro atoms. The molecule has 12 aromatic rings. The second kappa shape index (κ2) is 41.6. The minimum absolute atomic E-state index is 0.0232. The van der Waals surface area contributed by atoms with E-state index in [1.54, 1.807) is 75.4 Å². The Kier molecular flexibility index (Phi) is 31.4. The molecule has 3 fully saturated rings. The number of phenols is 3. The highest BCUT2D eigenvalue weighted by Gasteiger charge is 2.40. The molecule has 3 atom stereocenters. The Morgan fingerprint density at radius 3 is 0.913 bits per heavy atom. The van der Waals surface area contributed by atoms with E-state index in [-0.39, 0.29) is 201 Å². The van der Waals surface area contributed by atoms with Crippen LogP contribution in [0.3, 0.4) is 0 Å². The van der Waals surface area contributed by atoms with Crippen LogP contribution in [0.25, 0.3) is 83.9 Å². The minimum atomic E-state index is -1.37. The number of fused-ring (bicyclic) bond motifs is 3. The van der Waals surface area contributed by atoms with Crippen molar-refractivity contribution in [2.75, 3.05) is 73.6 Å². The minimum Gasteiger partial charge on any atom is -0.506 e. The van der Waals surface area contributed by atoms with Gasteiger partial charge in [0.25, 0.3) is 16.7 Å². The number of nitriles is 3. The molecule has 3 amide bonds. The molecule has 3 aliphatic rings. The molecule has 138 heavy (non-hydrogen) atoms. The summed E-state index contributed by atoms with van der Waals surface area (Å²) in [6.07, 6.45) is 8.63. The molecule has 42 heteroatoms. The van der Waals surface area contributed by atoms with Crippen LogP contribution in [0, 0.1) is 66.4 Å². The highest BCUT2D eigenvalue weighted by atomic mass is 35.5. The molecule has 3 N–H and O–H groups in total. The van der Waals surface area contributed by atoms with Crippen LogP contribution < -0.4 is 31.4 Å². The number of halogens is 15. The Bertz CT molecular complexity index is 6780. The normalized spacial score (nSPS) is 15.0. The molecule has 0 bridgehead atoms. The molecule has 0 saturated carbocycles. The summed E-state index contributed by atoms with van der Waals surface area (Å²) in [5, 5.41) is 61.9. The fourth-order valence-corrected chi connectivity index (χ4v) is 20.4. The van der Waals surface area contributed by atoms with Crippen molar-refractivity contribution in [2.24, 2.45) is 0 Å². The van der Waals surface area contributed by atoms with Gasteiger partial charge in [0, 0.05) is 112 Å². The number of carbonyl (C=O) groups excluding carboxylic acids is 3. The first kappa shape index (κ1) is 104. The number of amides is 3. The van der Waals surface area contributed by atoms with Crippen molar-refractivity contribution in [1.82, 2.24) is 58.3 Å². The lowest BCUT2D eigenvalue weighted by atomic mass is 10.0. The van der Waals surface area contributed by atoms with E-state index in [0.717, 1.165) is 0 Å². The van der Waals surface area contributed by atoms with Gasteiger partial charge in [-0.1, -0.05) is 212 Å². The van der Waals surface area contributed by atoms with Crippen LogP contribution in [-0.4, -0.2) is 168 Å². The number of piperazine rings is 3. The van der Waals surface area contributed by atoms with E-state index in [2.05, 4.69) is 57.9 Å². The molecule has 15 rings (SSSR count). The second-order valence-electron chi connectivity index (χ2n) is 33.6. The van der Waals surface area contributed by atoms with Gasteiger partial charge in [-0.15, -0.1) is 0 Å². The van der Waals surface area contributed by atoms with E-state index in [1.807, 2.05) is 86.0 Å². The number of carbonyl (C=O) groups is 3. The average Bonchev–Trinajstić information content (AvgIpc) is 0.726. The molecular weight excluding hydrogens is 2050 g/mol. The van der Waals surface area contributed by atoms with Gasteiger partial charge in [-0.2, -0.15) is 15.8 Å².